The van der Waals surface area contributed by atoms with E-state index in [0.717, 1.165) is 10.9 Å². The highest BCUT2D eigenvalue weighted by Gasteiger charge is 2.11. The third kappa shape index (κ3) is 5.64. The zero-order chi connectivity index (χ0) is 12.7. The number of nitrogens with one attached hydrogen (secondary N) is 1. The van der Waals surface area contributed by atoms with Crippen molar-refractivity contribution >= 4 is 15.9 Å². The maximum absolute atomic E-state index is 9.16. The van der Waals surface area contributed by atoms with Gasteiger partial charge in [-0.15, -0.1) is 0 Å². The molecule has 0 aliphatic carbocycles. The van der Waals surface area contributed by atoms with E-state index >= 15 is 0 Å². The van der Waals surface area contributed by atoms with Crippen LogP contribution in [-0.4, -0.2) is 37.5 Å². The van der Waals surface area contributed by atoms with E-state index in [1.165, 1.54) is 5.56 Å². The molecule has 17 heavy (non-hydrogen) atoms. The van der Waals surface area contributed by atoms with Crippen LogP contribution in [0.1, 0.15) is 12.5 Å². The van der Waals surface area contributed by atoms with Crippen LogP contribution in [0.15, 0.2) is 28.7 Å². The van der Waals surface area contributed by atoms with E-state index in [1.807, 2.05) is 12.1 Å². The number of methoxy groups -OCH3 is 1. The zero-order valence-electron chi connectivity index (χ0n) is 10.3. The van der Waals surface area contributed by atoms with E-state index in [9.17, 15) is 0 Å². The van der Waals surface area contributed by atoms with Crippen molar-refractivity contribution in [3.8, 4) is 0 Å². The predicted molar refractivity (Wildman–Crippen MR) is 73.2 cm³/mol. The Morgan fingerprint density at radius 2 is 2.00 bits per heavy atom. The average Bonchev–Trinajstić information content (AvgIpc) is 2.31. The molecule has 1 aromatic carbocycles. The van der Waals surface area contributed by atoms with Crippen LogP contribution in [0.4, 0.5) is 0 Å². The zero-order valence-corrected chi connectivity index (χ0v) is 11.9. The number of aliphatic hydroxyl groups excluding tert-OH is 1. The van der Waals surface area contributed by atoms with E-state index in [4.69, 9.17) is 9.84 Å². The minimum atomic E-state index is 0.00504. The highest BCUT2D eigenvalue weighted by molar-refractivity contribution is 9.10. The van der Waals surface area contributed by atoms with Crippen molar-refractivity contribution in [1.82, 2.24) is 5.32 Å². The Morgan fingerprint density at radius 3 is 2.53 bits per heavy atom. The first-order chi connectivity index (χ1) is 8.15. The number of halogens is 1. The summed E-state index contributed by atoms with van der Waals surface area (Å²) < 4.78 is 6.13. The lowest BCUT2D eigenvalue weighted by atomic mass is 10.1. The second kappa shape index (κ2) is 7.82. The SMILES string of the molecule is COCC(CO)NC(C)Cc1ccc(Br)cc1. The molecule has 0 heterocycles. The second-order valence-electron chi connectivity index (χ2n) is 4.23. The molecule has 3 nitrogen and oxygen atoms in total. The third-order valence-corrected chi connectivity index (χ3v) is 3.09. The fourth-order valence-electron chi connectivity index (χ4n) is 1.79. The minimum Gasteiger partial charge on any atom is -0.395 e. The molecule has 4 heteroatoms. The Labute approximate surface area is 111 Å². The summed E-state index contributed by atoms with van der Waals surface area (Å²) >= 11 is 3.42. The van der Waals surface area contributed by atoms with E-state index in [2.05, 4.69) is 40.3 Å². The molecule has 1 aromatic rings. The highest BCUT2D eigenvalue weighted by atomic mass is 79.9. The Kier molecular flexibility index (Phi) is 6.73. The molecule has 2 unspecified atom stereocenters. The molecular weight excluding hydrogens is 282 g/mol. The van der Waals surface area contributed by atoms with Crippen LogP contribution in [-0.2, 0) is 11.2 Å². The summed E-state index contributed by atoms with van der Waals surface area (Å²) in [4.78, 5) is 0. The highest BCUT2D eigenvalue weighted by Crippen LogP contribution is 2.12. The average molecular weight is 302 g/mol. The molecule has 0 fully saturated rings. The number of benzene rings is 1. The van der Waals surface area contributed by atoms with Gasteiger partial charge in [0.1, 0.15) is 0 Å². The molecule has 1 rings (SSSR count). The molecule has 0 aliphatic rings. The Balaban J connectivity index is 2.42. The Morgan fingerprint density at radius 1 is 1.35 bits per heavy atom. The van der Waals surface area contributed by atoms with Gasteiger partial charge >= 0.3 is 0 Å². The van der Waals surface area contributed by atoms with Crippen molar-refractivity contribution in [3.05, 3.63) is 34.3 Å². The number of ether oxygens (including phenoxy) is 1. The van der Waals surface area contributed by atoms with Gasteiger partial charge in [0.15, 0.2) is 0 Å². The minimum absolute atomic E-state index is 0.00504. The smallest absolute Gasteiger partial charge is 0.0638 e. The van der Waals surface area contributed by atoms with Gasteiger partial charge in [-0.05, 0) is 31.0 Å². The van der Waals surface area contributed by atoms with E-state index in [-0.39, 0.29) is 12.6 Å². The lowest BCUT2D eigenvalue weighted by Crippen LogP contribution is -2.42. The molecule has 0 saturated heterocycles. The molecule has 0 amide bonds. The lowest BCUT2D eigenvalue weighted by Gasteiger charge is -2.21. The van der Waals surface area contributed by atoms with Gasteiger partial charge < -0.3 is 15.2 Å². The number of hydrogen-bond acceptors (Lipinski definition) is 3. The molecule has 0 aromatic heterocycles. The van der Waals surface area contributed by atoms with Gasteiger partial charge in [0, 0.05) is 17.6 Å². The van der Waals surface area contributed by atoms with Gasteiger partial charge in [0.25, 0.3) is 0 Å². The van der Waals surface area contributed by atoms with E-state index < -0.39 is 0 Å². The monoisotopic (exact) mass is 301 g/mol. The molecule has 0 bridgehead atoms. The maximum Gasteiger partial charge on any atom is 0.0638 e. The fraction of sp³-hybridized carbons (Fsp3) is 0.538. The van der Waals surface area contributed by atoms with Gasteiger partial charge in [-0.3, -0.25) is 0 Å². The third-order valence-electron chi connectivity index (χ3n) is 2.56. The molecule has 2 N–H and O–H groups in total. The standard InChI is InChI=1S/C13H20BrNO2/c1-10(15-13(8-16)9-17-2)7-11-3-5-12(14)6-4-11/h3-6,10,13,15-16H,7-9H2,1-2H3. The number of rotatable bonds is 7. The first-order valence-corrected chi connectivity index (χ1v) is 6.55. The van der Waals surface area contributed by atoms with Crippen molar-refractivity contribution in [1.29, 1.82) is 0 Å². The van der Waals surface area contributed by atoms with Crippen molar-refractivity contribution in [3.63, 3.8) is 0 Å². The first-order valence-electron chi connectivity index (χ1n) is 5.76. The van der Waals surface area contributed by atoms with Gasteiger partial charge in [0.05, 0.1) is 19.3 Å². The normalized spacial score (nSPS) is 14.6. The van der Waals surface area contributed by atoms with Crippen LogP contribution < -0.4 is 5.32 Å². The maximum atomic E-state index is 9.16. The molecular formula is C13H20BrNO2. The van der Waals surface area contributed by atoms with Gasteiger partial charge in [-0.25, -0.2) is 0 Å². The Hall–Kier alpha value is -0.420. The van der Waals surface area contributed by atoms with Crippen molar-refractivity contribution in [2.24, 2.45) is 0 Å². The lowest BCUT2D eigenvalue weighted by molar-refractivity contribution is 0.123. The van der Waals surface area contributed by atoms with E-state index in [1.54, 1.807) is 7.11 Å². The van der Waals surface area contributed by atoms with Crippen LogP contribution in [0.3, 0.4) is 0 Å². The number of aliphatic hydroxyl groups is 1. The Bertz CT molecular complexity index is 316. The molecule has 0 aliphatic heterocycles. The summed E-state index contributed by atoms with van der Waals surface area (Å²) in [7, 11) is 1.64. The molecule has 0 saturated carbocycles. The summed E-state index contributed by atoms with van der Waals surface area (Å²) in [6.07, 6.45) is 0.938. The largest absolute Gasteiger partial charge is 0.395 e. The van der Waals surface area contributed by atoms with Gasteiger partial charge in [-0.2, -0.15) is 0 Å². The van der Waals surface area contributed by atoms with Crippen LogP contribution in [0, 0.1) is 0 Å². The van der Waals surface area contributed by atoms with Crippen molar-refractivity contribution < 1.29 is 9.84 Å². The molecule has 2 atom stereocenters. The summed E-state index contributed by atoms with van der Waals surface area (Å²) in [6.45, 7) is 2.74. The summed E-state index contributed by atoms with van der Waals surface area (Å²) in [5.74, 6) is 0. The molecule has 96 valence electrons. The predicted octanol–water partition coefficient (Wildman–Crippen LogP) is 1.98. The number of hydrogen-bond donors (Lipinski definition) is 2. The summed E-state index contributed by atoms with van der Waals surface area (Å²) in [6, 6.07) is 8.61. The van der Waals surface area contributed by atoms with Crippen molar-refractivity contribution in [2.45, 2.75) is 25.4 Å². The molecule has 0 spiro atoms. The van der Waals surface area contributed by atoms with Crippen LogP contribution >= 0.6 is 15.9 Å². The van der Waals surface area contributed by atoms with Gasteiger partial charge in [-0.1, -0.05) is 28.1 Å². The first kappa shape index (κ1) is 14.6. The summed E-state index contributed by atoms with van der Waals surface area (Å²) in [5, 5.41) is 12.5. The van der Waals surface area contributed by atoms with Crippen LogP contribution in [0.5, 0.6) is 0 Å². The van der Waals surface area contributed by atoms with Crippen LogP contribution in [0.2, 0.25) is 0 Å². The van der Waals surface area contributed by atoms with Gasteiger partial charge in [0.2, 0.25) is 0 Å². The second-order valence-corrected chi connectivity index (χ2v) is 5.15. The fourth-order valence-corrected chi connectivity index (χ4v) is 2.05. The quantitative estimate of drug-likeness (QED) is 0.809. The van der Waals surface area contributed by atoms with Crippen molar-refractivity contribution in [2.75, 3.05) is 20.3 Å². The van der Waals surface area contributed by atoms with E-state index in [0.29, 0.717) is 12.6 Å². The topological polar surface area (TPSA) is 41.5 Å². The summed E-state index contributed by atoms with van der Waals surface area (Å²) in [5.41, 5.74) is 1.28. The van der Waals surface area contributed by atoms with Crippen LogP contribution in [0.25, 0.3) is 0 Å². The molecule has 0 radical (unpaired) electrons.